The second-order valence-electron chi connectivity index (χ2n) is 5.46. The first-order valence-electron chi connectivity index (χ1n) is 7.54. The molecule has 118 valence electrons. The Kier molecular flexibility index (Phi) is 6.29. The minimum atomic E-state index is 0.0960. The van der Waals surface area contributed by atoms with Gasteiger partial charge in [-0.3, -0.25) is 4.90 Å². The zero-order valence-electron chi connectivity index (χ0n) is 13.0. The molecule has 21 heavy (non-hydrogen) atoms. The smallest absolute Gasteiger partial charge is 0.122 e. The van der Waals surface area contributed by atoms with Crippen molar-refractivity contribution < 1.29 is 14.2 Å². The fourth-order valence-electron chi connectivity index (χ4n) is 2.44. The number of hydrogen-bond acceptors (Lipinski definition) is 5. The van der Waals surface area contributed by atoms with Crippen molar-refractivity contribution in [3.8, 4) is 11.5 Å². The Morgan fingerprint density at radius 1 is 1.33 bits per heavy atom. The lowest BCUT2D eigenvalue weighted by Crippen LogP contribution is -2.38. The quantitative estimate of drug-likeness (QED) is 0.821. The van der Waals surface area contributed by atoms with Gasteiger partial charge in [0.25, 0.3) is 0 Å². The highest BCUT2D eigenvalue weighted by Crippen LogP contribution is 2.25. The van der Waals surface area contributed by atoms with E-state index in [0.717, 1.165) is 56.3 Å². The summed E-state index contributed by atoms with van der Waals surface area (Å²) in [6, 6.07) is 6.00. The Labute approximate surface area is 127 Å². The van der Waals surface area contributed by atoms with Crippen molar-refractivity contribution in [2.24, 2.45) is 5.73 Å². The van der Waals surface area contributed by atoms with E-state index in [1.54, 1.807) is 7.11 Å². The Balaban J connectivity index is 1.91. The van der Waals surface area contributed by atoms with Crippen LogP contribution in [0.2, 0.25) is 0 Å². The van der Waals surface area contributed by atoms with Gasteiger partial charge in [0.15, 0.2) is 0 Å². The molecule has 1 saturated heterocycles. The number of nitrogens with two attached hydrogens (primary N) is 1. The van der Waals surface area contributed by atoms with Crippen molar-refractivity contribution in [2.75, 3.05) is 46.6 Å². The minimum Gasteiger partial charge on any atom is -0.497 e. The molecule has 0 bridgehead atoms. The molecule has 2 N–H and O–H groups in total. The summed E-state index contributed by atoms with van der Waals surface area (Å²) in [7, 11) is 1.67. The highest BCUT2D eigenvalue weighted by atomic mass is 16.5. The molecule has 0 amide bonds. The molecule has 1 heterocycles. The van der Waals surface area contributed by atoms with Gasteiger partial charge in [0.05, 0.1) is 20.3 Å². The summed E-state index contributed by atoms with van der Waals surface area (Å²) in [6.07, 6.45) is 0.782. The minimum absolute atomic E-state index is 0.0960. The molecule has 1 aromatic carbocycles. The maximum absolute atomic E-state index is 5.95. The first-order chi connectivity index (χ1) is 10.2. The fourth-order valence-corrected chi connectivity index (χ4v) is 2.44. The summed E-state index contributed by atoms with van der Waals surface area (Å²) in [4.78, 5) is 2.36. The van der Waals surface area contributed by atoms with Gasteiger partial charge >= 0.3 is 0 Å². The zero-order valence-corrected chi connectivity index (χ0v) is 13.0. The first kappa shape index (κ1) is 16.1. The van der Waals surface area contributed by atoms with Crippen molar-refractivity contribution in [3.05, 3.63) is 23.8 Å². The number of rotatable bonds is 7. The molecule has 1 fully saturated rings. The van der Waals surface area contributed by atoms with E-state index in [2.05, 4.69) is 4.90 Å². The topological polar surface area (TPSA) is 57.0 Å². The molecule has 1 aliphatic rings. The first-order valence-corrected chi connectivity index (χ1v) is 7.54. The monoisotopic (exact) mass is 294 g/mol. The van der Waals surface area contributed by atoms with Crippen molar-refractivity contribution in [2.45, 2.75) is 19.4 Å². The summed E-state index contributed by atoms with van der Waals surface area (Å²) in [5.41, 5.74) is 7.02. The van der Waals surface area contributed by atoms with E-state index in [4.69, 9.17) is 19.9 Å². The van der Waals surface area contributed by atoms with Crippen molar-refractivity contribution in [1.29, 1.82) is 0 Å². The Morgan fingerprint density at radius 3 is 2.76 bits per heavy atom. The molecule has 1 aliphatic heterocycles. The summed E-state index contributed by atoms with van der Waals surface area (Å²) >= 11 is 0. The second kappa shape index (κ2) is 8.22. The summed E-state index contributed by atoms with van der Waals surface area (Å²) in [5, 5.41) is 0. The van der Waals surface area contributed by atoms with Gasteiger partial charge in [0.2, 0.25) is 0 Å². The van der Waals surface area contributed by atoms with E-state index >= 15 is 0 Å². The van der Waals surface area contributed by atoms with Crippen molar-refractivity contribution in [1.82, 2.24) is 4.90 Å². The van der Waals surface area contributed by atoms with E-state index < -0.39 is 0 Å². The summed E-state index contributed by atoms with van der Waals surface area (Å²) in [6.45, 7) is 7.20. The summed E-state index contributed by atoms with van der Waals surface area (Å²) < 4.78 is 16.6. The van der Waals surface area contributed by atoms with Crippen LogP contribution in [0.1, 0.15) is 12.5 Å². The fraction of sp³-hybridized carbons (Fsp3) is 0.625. The number of benzene rings is 1. The molecule has 1 aromatic rings. The number of methoxy groups -OCH3 is 1. The molecule has 1 atom stereocenters. The Bertz CT molecular complexity index is 432. The Hall–Kier alpha value is -1.30. The molecule has 0 spiro atoms. The lowest BCUT2D eigenvalue weighted by Gasteiger charge is -2.26. The van der Waals surface area contributed by atoms with Crippen LogP contribution in [0.5, 0.6) is 11.5 Å². The molecule has 5 nitrogen and oxygen atoms in total. The lowest BCUT2D eigenvalue weighted by molar-refractivity contribution is 0.0322. The third-order valence-electron chi connectivity index (χ3n) is 3.58. The van der Waals surface area contributed by atoms with E-state index in [0.29, 0.717) is 6.61 Å². The van der Waals surface area contributed by atoms with Gasteiger partial charge in [-0.15, -0.1) is 0 Å². The van der Waals surface area contributed by atoms with Crippen LogP contribution in [0.3, 0.4) is 0 Å². The van der Waals surface area contributed by atoms with Crippen LogP contribution in [-0.2, 0) is 11.2 Å². The van der Waals surface area contributed by atoms with E-state index in [-0.39, 0.29) is 6.04 Å². The van der Waals surface area contributed by atoms with Crippen LogP contribution < -0.4 is 15.2 Å². The third kappa shape index (κ3) is 5.19. The van der Waals surface area contributed by atoms with Gasteiger partial charge in [-0.05, 0) is 37.1 Å². The third-order valence-corrected chi connectivity index (χ3v) is 3.58. The molecule has 0 aliphatic carbocycles. The predicted molar refractivity (Wildman–Crippen MR) is 83.1 cm³/mol. The van der Waals surface area contributed by atoms with Crippen molar-refractivity contribution >= 4 is 0 Å². The van der Waals surface area contributed by atoms with Crippen LogP contribution in [-0.4, -0.2) is 57.5 Å². The Morgan fingerprint density at radius 2 is 2.10 bits per heavy atom. The summed E-state index contributed by atoms with van der Waals surface area (Å²) in [5.74, 6) is 1.74. The van der Waals surface area contributed by atoms with Gasteiger partial charge in [-0.25, -0.2) is 0 Å². The molecule has 0 saturated carbocycles. The predicted octanol–water partition coefficient (Wildman–Crippen LogP) is 1.30. The van der Waals surface area contributed by atoms with E-state index in [9.17, 15) is 0 Å². The molecule has 2 rings (SSSR count). The van der Waals surface area contributed by atoms with Crippen LogP contribution in [0, 0.1) is 0 Å². The molecule has 0 radical (unpaired) electrons. The van der Waals surface area contributed by atoms with Crippen LogP contribution in [0.15, 0.2) is 18.2 Å². The zero-order chi connectivity index (χ0) is 15.1. The average molecular weight is 294 g/mol. The number of ether oxygens (including phenoxy) is 3. The van der Waals surface area contributed by atoms with Gasteiger partial charge in [-0.1, -0.05) is 0 Å². The van der Waals surface area contributed by atoms with E-state index in [1.165, 1.54) is 0 Å². The SMILES string of the molecule is COc1ccc(OCCN2CCOCC2)c(CC(C)N)c1. The standard InChI is InChI=1S/C16H26N2O3/c1-13(17)11-14-12-15(19-2)3-4-16(14)21-10-7-18-5-8-20-9-6-18/h3-4,12-13H,5-11,17H2,1-2H3. The van der Waals surface area contributed by atoms with Gasteiger partial charge in [-0.2, -0.15) is 0 Å². The normalized spacial score (nSPS) is 17.5. The average Bonchev–Trinajstić information content (AvgIpc) is 2.49. The number of morpholine rings is 1. The highest BCUT2D eigenvalue weighted by molar-refractivity contribution is 5.40. The van der Waals surface area contributed by atoms with Crippen molar-refractivity contribution in [3.63, 3.8) is 0 Å². The number of hydrogen-bond donors (Lipinski definition) is 1. The molecule has 1 unspecified atom stereocenters. The lowest BCUT2D eigenvalue weighted by atomic mass is 10.1. The molecular weight excluding hydrogens is 268 g/mol. The van der Waals surface area contributed by atoms with E-state index in [1.807, 2.05) is 25.1 Å². The van der Waals surface area contributed by atoms with Gasteiger partial charge < -0.3 is 19.9 Å². The molecule has 5 heteroatoms. The highest BCUT2D eigenvalue weighted by Gasteiger charge is 2.12. The van der Waals surface area contributed by atoms with Crippen LogP contribution in [0.25, 0.3) is 0 Å². The maximum atomic E-state index is 5.95. The largest absolute Gasteiger partial charge is 0.497 e. The second-order valence-corrected chi connectivity index (χ2v) is 5.46. The number of nitrogens with zero attached hydrogens (tertiary/aromatic N) is 1. The molecule has 0 aromatic heterocycles. The van der Waals surface area contributed by atoms with Gasteiger partial charge in [0, 0.05) is 25.7 Å². The molecular formula is C16H26N2O3. The van der Waals surface area contributed by atoms with Crippen LogP contribution >= 0.6 is 0 Å². The maximum Gasteiger partial charge on any atom is 0.122 e. The van der Waals surface area contributed by atoms with Crippen LogP contribution in [0.4, 0.5) is 0 Å². The van der Waals surface area contributed by atoms with Gasteiger partial charge in [0.1, 0.15) is 18.1 Å².